The van der Waals surface area contributed by atoms with Gasteiger partial charge in [-0.1, -0.05) is 36.4 Å². The quantitative estimate of drug-likeness (QED) is 0.518. The van der Waals surface area contributed by atoms with Crippen LogP contribution in [0.15, 0.2) is 54.6 Å². The molecule has 1 aliphatic rings. The van der Waals surface area contributed by atoms with Gasteiger partial charge >= 0.3 is 5.97 Å². The fraction of sp³-hybridized carbons (Fsp3) is 0.296. The van der Waals surface area contributed by atoms with E-state index in [0.717, 1.165) is 40.0 Å². The molecule has 4 rings (SSSR count). The van der Waals surface area contributed by atoms with E-state index in [4.69, 9.17) is 9.47 Å². The summed E-state index contributed by atoms with van der Waals surface area (Å²) in [4.78, 5) is 11.9. The van der Waals surface area contributed by atoms with E-state index in [1.165, 1.54) is 13.2 Å². The molecule has 0 bridgehead atoms. The molecule has 3 aromatic carbocycles. The molecule has 6 heteroatoms. The summed E-state index contributed by atoms with van der Waals surface area (Å²) in [5.41, 5.74) is 4.94. The van der Waals surface area contributed by atoms with Crippen molar-refractivity contribution in [2.45, 2.75) is 38.8 Å². The molecule has 3 aromatic rings. The SMILES string of the molecule is COc1cc(CNCC2CC(c3ccc(C)c(C(=O)O)c3C)c3ccccc3O2)ccc1F. The number of nitrogens with one attached hydrogen (secondary N) is 1. The molecule has 33 heavy (non-hydrogen) atoms. The number of carboxylic acids is 1. The van der Waals surface area contributed by atoms with Gasteiger partial charge in [0.25, 0.3) is 0 Å². The van der Waals surface area contributed by atoms with Gasteiger partial charge in [0.05, 0.1) is 12.7 Å². The van der Waals surface area contributed by atoms with Crippen molar-refractivity contribution in [1.82, 2.24) is 5.32 Å². The molecular formula is C27H28FNO4. The van der Waals surface area contributed by atoms with Crippen LogP contribution in [-0.2, 0) is 6.54 Å². The third kappa shape index (κ3) is 4.71. The maximum absolute atomic E-state index is 13.7. The molecule has 2 unspecified atom stereocenters. The zero-order chi connectivity index (χ0) is 23.5. The Morgan fingerprint density at radius 3 is 2.70 bits per heavy atom. The van der Waals surface area contributed by atoms with Gasteiger partial charge in [0.2, 0.25) is 0 Å². The molecule has 1 aliphatic heterocycles. The second-order valence-electron chi connectivity index (χ2n) is 8.44. The number of hydrogen-bond donors (Lipinski definition) is 2. The predicted octanol–water partition coefficient (Wildman–Crippen LogP) is 5.22. The molecule has 172 valence electrons. The van der Waals surface area contributed by atoms with Gasteiger partial charge in [-0.3, -0.25) is 0 Å². The van der Waals surface area contributed by atoms with E-state index >= 15 is 0 Å². The Hall–Kier alpha value is -3.38. The van der Waals surface area contributed by atoms with Crippen molar-refractivity contribution < 1.29 is 23.8 Å². The molecule has 2 N–H and O–H groups in total. The van der Waals surface area contributed by atoms with Gasteiger partial charge in [0, 0.05) is 24.6 Å². The standard InChI is InChI=1S/C27H28FNO4/c1-16-8-10-20(17(2)26(16)27(30)31)22-13-19(33-24-7-5-4-6-21(22)24)15-29-14-18-9-11-23(28)25(12-18)32-3/h4-12,19,22,29H,13-15H2,1-3H3,(H,30,31). The Labute approximate surface area is 193 Å². The molecule has 0 spiro atoms. The van der Waals surface area contributed by atoms with Crippen molar-refractivity contribution in [3.8, 4) is 11.5 Å². The van der Waals surface area contributed by atoms with Gasteiger partial charge in [-0.15, -0.1) is 0 Å². The lowest BCUT2D eigenvalue weighted by atomic mass is 9.80. The zero-order valence-corrected chi connectivity index (χ0v) is 19.0. The monoisotopic (exact) mass is 449 g/mol. The highest BCUT2D eigenvalue weighted by molar-refractivity contribution is 5.91. The molecule has 5 nitrogen and oxygen atoms in total. The number of aromatic carboxylic acids is 1. The highest BCUT2D eigenvalue weighted by Gasteiger charge is 2.31. The van der Waals surface area contributed by atoms with E-state index in [2.05, 4.69) is 5.32 Å². The van der Waals surface area contributed by atoms with Crippen LogP contribution in [0.1, 0.15) is 50.5 Å². The summed E-state index contributed by atoms with van der Waals surface area (Å²) in [6, 6.07) is 16.7. The van der Waals surface area contributed by atoms with E-state index in [9.17, 15) is 14.3 Å². The second-order valence-corrected chi connectivity index (χ2v) is 8.44. The fourth-order valence-electron chi connectivity index (χ4n) is 4.67. The van der Waals surface area contributed by atoms with Crippen molar-refractivity contribution in [3.63, 3.8) is 0 Å². The average Bonchev–Trinajstić information content (AvgIpc) is 2.79. The normalized spacial score (nSPS) is 17.2. The molecule has 0 amide bonds. The summed E-state index contributed by atoms with van der Waals surface area (Å²) in [7, 11) is 1.45. The minimum absolute atomic E-state index is 0.0337. The van der Waals surface area contributed by atoms with Crippen LogP contribution in [0, 0.1) is 19.7 Å². The van der Waals surface area contributed by atoms with Crippen LogP contribution in [0.5, 0.6) is 11.5 Å². The third-order valence-electron chi connectivity index (χ3n) is 6.31. The third-order valence-corrected chi connectivity index (χ3v) is 6.31. The molecule has 0 saturated carbocycles. The van der Waals surface area contributed by atoms with Crippen LogP contribution >= 0.6 is 0 Å². The summed E-state index contributed by atoms with van der Waals surface area (Å²) in [6.45, 7) is 4.87. The first-order chi connectivity index (χ1) is 15.9. The largest absolute Gasteiger partial charge is 0.494 e. The van der Waals surface area contributed by atoms with Crippen molar-refractivity contribution in [2.24, 2.45) is 0 Å². The highest BCUT2D eigenvalue weighted by Crippen LogP contribution is 2.42. The first-order valence-electron chi connectivity index (χ1n) is 11.0. The molecule has 0 aliphatic carbocycles. The molecule has 1 heterocycles. The number of para-hydroxylation sites is 1. The number of aryl methyl sites for hydroxylation is 1. The molecule has 0 saturated heterocycles. The van der Waals surface area contributed by atoms with E-state index in [0.29, 0.717) is 18.7 Å². The lowest BCUT2D eigenvalue weighted by molar-refractivity contribution is 0.0695. The van der Waals surface area contributed by atoms with Gasteiger partial charge < -0.3 is 19.9 Å². The molecule has 0 radical (unpaired) electrons. The average molecular weight is 450 g/mol. The first-order valence-corrected chi connectivity index (χ1v) is 11.0. The number of carboxylic acid groups (broad SMARTS) is 1. The Morgan fingerprint density at radius 1 is 1.15 bits per heavy atom. The fourth-order valence-corrected chi connectivity index (χ4v) is 4.67. The van der Waals surface area contributed by atoms with Gasteiger partial charge in [0.1, 0.15) is 11.9 Å². The Kier molecular flexibility index (Phi) is 6.65. The lowest BCUT2D eigenvalue weighted by Gasteiger charge is -2.34. The highest BCUT2D eigenvalue weighted by atomic mass is 19.1. The number of carbonyl (C=O) groups is 1. The van der Waals surface area contributed by atoms with Gasteiger partial charge in [-0.05, 0) is 60.7 Å². The Morgan fingerprint density at radius 2 is 1.94 bits per heavy atom. The van der Waals surface area contributed by atoms with Crippen LogP contribution in [0.3, 0.4) is 0 Å². The Balaban J connectivity index is 1.55. The summed E-state index contributed by atoms with van der Waals surface area (Å²) in [6.07, 6.45) is 0.626. The first kappa shape index (κ1) is 22.8. The minimum atomic E-state index is -0.903. The van der Waals surface area contributed by atoms with E-state index in [-0.39, 0.29) is 23.6 Å². The Bertz CT molecular complexity index is 1180. The van der Waals surface area contributed by atoms with Crippen LogP contribution in [0.25, 0.3) is 0 Å². The van der Waals surface area contributed by atoms with Gasteiger partial charge in [-0.25, -0.2) is 9.18 Å². The van der Waals surface area contributed by atoms with Crippen molar-refractivity contribution in [1.29, 1.82) is 0 Å². The number of ether oxygens (including phenoxy) is 2. The van der Waals surface area contributed by atoms with E-state index < -0.39 is 5.97 Å². The van der Waals surface area contributed by atoms with Crippen LogP contribution in [0.2, 0.25) is 0 Å². The number of rotatable bonds is 7. The number of benzene rings is 3. The topological polar surface area (TPSA) is 67.8 Å². The smallest absolute Gasteiger partial charge is 0.336 e. The minimum Gasteiger partial charge on any atom is -0.494 e. The second kappa shape index (κ2) is 9.63. The van der Waals surface area contributed by atoms with Crippen LogP contribution in [-0.4, -0.2) is 30.8 Å². The maximum atomic E-state index is 13.7. The summed E-state index contributed by atoms with van der Waals surface area (Å²) >= 11 is 0. The number of halogens is 1. The molecule has 0 fully saturated rings. The summed E-state index contributed by atoms with van der Waals surface area (Å²) in [5.74, 6) is -0.209. The van der Waals surface area contributed by atoms with Crippen LogP contribution in [0.4, 0.5) is 4.39 Å². The molecule has 0 aromatic heterocycles. The van der Waals surface area contributed by atoms with Crippen molar-refractivity contribution in [2.75, 3.05) is 13.7 Å². The summed E-state index contributed by atoms with van der Waals surface area (Å²) in [5, 5.41) is 13.1. The van der Waals surface area contributed by atoms with Crippen LogP contribution < -0.4 is 14.8 Å². The maximum Gasteiger partial charge on any atom is 0.336 e. The summed E-state index contributed by atoms with van der Waals surface area (Å²) < 4.78 is 25.0. The molecule has 2 atom stereocenters. The number of hydrogen-bond acceptors (Lipinski definition) is 4. The zero-order valence-electron chi connectivity index (χ0n) is 19.0. The van der Waals surface area contributed by atoms with Crippen molar-refractivity contribution in [3.05, 3.63) is 93.8 Å². The van der Waals surface area contributed by atoms with E-state index in [1.807, 2.05) is 50.2 Å². The van der Waals surface area contributed by atoms with E-state index in [1.54, 1.807) is 12.1 Å². The van der Waals surface area contributed by atoms with Crippen molar-refractivity contribution >= 4 is 5.97 Å². The molecular weight excluding hydrogens is 421 g/mol. The number of methoxy groups -OCH3 is 1. The predicted molar refractivity (Wildman–Crippen MR) is 125 cm³/mol. The van der Waals surface area contributed by atoms with Gasteiger partial charge in [-0.2, -0.15) is 0 Å². The van der Waals surface area contributed by atoms with Gasteiger partial charge in [0.15, 0.2) is 11.6 Å². The lowest BCUT2D eigenvalue weighted by Crippen LogP contribution is -2.36. The number of fused-ring (bicyclic) bond motifs is 1.